The smallest absolute Gasteiger partial charge is 0.227 e. The van der Waals surface area contributed by atoms with Gasteiger partial charge >= 0.3 is 0 Å². The molecule has 0 radical (unpaired) electrons. The second-order valence-electron chi connectivity index (χ2n) is 5.48. The fraction of sp³-hybridized carbons (Fsp3) is 0.0526. The quantitative estimate of drug-likeness (QED) is 0.501. The van der Waals surface area contributed by atoms with Crippen LogP contribution in [0, 0.1) is 0 Å². The molecule has 0 aliphatic heterocycles. The van der Waals surface area contributed by atoms with Crippen LogP contribution in [0.15, 0.2) is 71.4 Å². The minimum atomic E-state index is 0. The van der Waals surface area contributed by atoms with Gasteiger partial charge in [-0.1, -0.05) is 35.3 Å². The average molecular weight is 392 g/mol. The average Bonchev–Trinajstić information content (AvgIpc) is 3.02. The van der Waals surface area contributed by atoms with Crippen LogP contribution >= 0.6 is 23.2 Å². The van der Waals surface area contributed by atoms with Crippen molar-refractivity contribution in [3.63, 3.8) is 0 Å². The van der Waals surface area contributed by atoms with Crippen molar-refractivity contribution >= 4 is 34.3 Å². The van der Waals surface area contributed by atoms with Gasteiger partial charge in [-0.2, -0.15) is 0 Å². The van der Waals surface area contributed by atoms with E-state index in [0.29, 0.717) is 22.5 Å². The van der Waals surface area contributed by atoms with Gasteiger partial charge in [-0.15, -0.1) is 0 Å². The Morgan fingerprint density at radius 2 is 1.72 bits per heavy atom. The molecule has 2 heterocycles. The molecule has 0 atom stereocenters. The first kappa shape index (κ1) is 17.7. The summed E-state index contributed by atoms with van der Waals surface area (Å²) in [5.41, 5.74) is 3.60. The summed E-state index contributed by atoms with van der Waals surface area (Å²) in [6.45, 7) is 0.670. The van der Waals surface area contributed by atoms with Gasteiger partial charge in [0.05, 0.1) is 5.02 Å². The molecule has 0 amide bonds. The lowest BCUT2D eigenvalue weighted by molar-refractivity contribution is -0.688. The third-order valence-corrected chi connectivity index (χ3v) is 4.39. The Labute approximate surface area is 161 Å². The summed E-state index contributed by atoms with van der Waals surface area (Å²) in [7, 11) is 0. The lowest BCUT2D eigenvalue weighted by Crippen LogP contribution is -3.00. The van der Waals surface area contributed by atoms with Crippen LogP contribution in [0.2, 0.25) is 10.0 Å². The molecule has 2 aromatic carbocycles. The van der Waals surface area contributed by atoms with Crippen molar-refractivity contribution in [3.05, 3.63) is 82.6 Å². The van der Waals surface area contributed by atoms with Gasteiger partial charge in [-0.05, 0) is 30.3 Å². The second kappa shape index (κ2) is 7.44. The van der Waals surface area contributed by atoms with E-state index in [1.54, 1.807) is 6.07 Å². The molecule has 4 aromatic rings. The maximum Gasteiger partial charge on any atom is 0.227 e. The molecule has 0 unspecified atom stereocenters. The van der Waals surface area contributed by atoms with Crippen LogP contribution in [0.3, 0.4) is 0 Å². The Kier molecular flexibility index (Phi) is 5.28. The fourth-order valence-corrected chi connectivity index (χ4v) is 3.02. The van der Waals surface area contributed by atoms with Crippen molar-refractivity contribution < 1.29 is 21.4 Å². The topological polar surface area (TPSA) is 29.9 Å². The Hall–Kier alpha value is -2.07. The van der Waals surface area contributed by atoms with Gasteiger partial charge < -0.3 is 16.8 Å². The van der Waals surface area contributed by atoms with Gasteiger partial charge in [0.15, 0.2) is 24.5 Å². The van der Waals surface area contributed by atoms with Gasteiger partial charge in [0.2, 0.25) is 5.89 Å². The SMILES string of the molecule is Clc1ccc(C[n+]2ccc(-c3nc4ccccc4o3)cc2)c(Cl)c1.[Cl-]. The monoisotopic (exact) mass is 390 g/mol. The first-order valence-electron chi connectivity index (χ1n) is 7.48. The summed E-state index contributed by atoms with van der Waals surface area (Å²) in [5, 5.41) is 1.30. The van der Waals surface area contributed by atoms with Crippen molar-refractivity contribution in [2.24, 2.45) is 0 Å². The van der Waals surface area contributed by atoms with Gasteiger partial charge in [-0.3, -0.25) is 0 Å². The Bertz CT molecular complexity index is 980. The number of pyridine rings is 1. The number of aromatic nitrogens is 2. The third kappa shape index (κ3) is 3.79. The van der Waals surface area contributed by atoms with E-state index in [0.717, 1.165) is 22.2 Å². The predicted octanol–water partition coefficient (Wildman–Crippen LogP) is 2.14. The maximum absolute atomic E-state index is 6.23. The maximum atomic E-state index is 6.23. The predicted molar refractivity (Wildman–Crippen MR) is 95.2 cm³/mol. The number of benzene rings is 2. The summed E-state index contributed by atoms with van der Waals surface area (Å²) < 4.78 is 7.83. The molecule has 6 heteroatoms. The molecule has 25 heavy (non-hydrogen) atoms. The van der Waals surface area contributed by atoms with Crippen LogP contribution in [-0.4, -0.2) is 4.98 Å². The number of hydrogen-bond donors (Lipinski definition) is 0. The minimum Gasteiger partial charge on any atom is -1.00 e. The van der Waals surface area contributed by atoms with E-state index in [-0.39, 0.29) is 12.4 Å². The van der Waals surface area contributed by atoms with Gasteiger partial charge in [0.1, 0.15) is 5.52 Å². The van der Waals surface area contributed by atoms with Crippen molar-refractivity contribution in [1.82, 2.24) is 4.98 Å². The number of fused-ring (bicyclic) bond motifs is 1. The summed E-state index contributed by atoms with van der Waals surface area (Å²) in [6.07, 6.45) is 3.96. The van der Waals surface area contributed by atoms with Gasteiger partial charge in [0.25, 0.3) is 0 Å². The molecule has 4 rings (SSSR count). The van der Waals surface area contributed by atoms with Crippen LogP contribution in [0.4, 0.5) is 0 Å². The largest absolute Gasteiger partial charge is 1.00 e. The Morgan fingerprint density at radius 1 is 0.960 bits per heavy atom. The fourth-order valence-electron chi connectivity index (χ4n) is 2.55. The third-order valence-electron chi connectivity index (χ3n) is 3.80. The first-order valence-corrected chi connectivity index (χ1v) is 8.23. The number of nitrogens with zero attached hydrogens (tertiary/aromatic N) is 2. The summed E-state index contributed by atoms with van der Waals surface area (Å²) in [4.78, 5) is 4.51. The normalized spacial score (nSPS) is 10.6. The molecular weight excluding hydrogens is 379 g/mol. The van der Waals surface area contributed by atoms with Crippen molar-refractivity contribution in [2.45, 2.75) is 6.54 Å². The van der Waals surface area contributed by atoms with E-state index in [9.17, 15) is 0 Å². The van der Waals surface area contributed by atoms with E-state index in [2.05, 4.69) is 4.98 Å². The zero-order chi connectivity index (χ0) is 16.5. The molecule has 0 bridgehead atoms. The molecule has 0 spiro atoms. The summed E-state index contributed by atoms with van der Waals surface area (Å²) in [6, 6.07) is 17.2. The molecule has 0 fully saturated rings. The number of hydrogen-bond acceptors (Lipinski definition) is 2. The number of halogens is 3. The van der Waals surface area contributed by atoms with Crippen LogP contribution in [0.25, 0.3) is 22.6 Å². The highest BCUT2D eigenvalue weighted by Gasteiger charge is 2.11. The molecule has 126 valence electrons. The Morgan fingerprint density at radius 3 is 2.44 bits per heavy atom. The molecule has 2 aromatic heterocycles. The van der Waals surface area contributed by atoms with E-state index >= 15 is 0 Å². The van der Waals surface area contributed by atoms with E-state index in [4.69, 9.17) is 27.6 Å². The molecule has 0 N–H and O–H groups in total. The highest BCUT2D eigenvalue weighted by molar-refractivity contribution is 6.35. The van der Waals surface area contributed by atoms with Crippen molar-refractivity contribution in [3.8, 4) is 11.5 Å². The molecular formula is C19H13Cl3N2O. The van der Waals surface area contributed by atoms with Crippen LogP contribution in [0.5, 0.6) is 0 Å². The number of para-hydroxylation sites is 2. The van der Waals surface area contributed by atoms with Gasteiger partial charge in [-0.25, -0.2) is 9.55 Å². The first-order chi connectivity index (χ1) is 11.7. The minimum absolute atomic E-state index is 0. The molecule has 0 saturated heterocycles. The lowest BCUT2D eigenvalue weighted by atomic mass is 10.2. The molecule has 3 nitrogen and oxygen atoms in total. The highest BCUT2D eigenvalue weighted by atomic mass is 35.5. The summed E-state index contributed by atoms with van der Waals surface area (Å²) >= 11 is 12.2. The Balaban J connectivity index is 0.00000182. The summed E-state index contributed by atoms with van der Waals surface area (Å²) in [5.74, 6) is 0.618. The molecule has 0 aliphatic rings. The van der Waals surface area contributed by atoms with Gasteiger partial charge in [0, 0.05) is 28.3 Å². The number of rotatable bonds is 3. The number of oxazole rings is 1. The second-order valence-corrected chi connectivity index (χ2v) is 6.33. The zero-order valence-corrected chi connectivity index (χ0v) is 15.3. The highest BCUT2D eigenvalue weighted by Crippen LogP contribution is 2.23. The standard InChI is InChI=1S/C19H13Cl2N2O.ClH/c20-15-6-5-14(16(21)11-15)12-23-9-7-13(8-10-23)19-22-17-3-1-2-4-18(17)24-19;/h1-11H,12H2;1H/q+1;/p-1. The van der Waals surface area contributed by atoms with Crippen LogP contribution < -0.4 is 17.0 Å². The van der Waals surface area contributed by atoms with E-state index in [1.807, 2.05) is 65.5 Å². The lowest BCUT2D eigenvalue weighted by Gasteiger charge is -2.02. The van der Waals surface area contributed by atoms with Crippen molar-refractivity contribution in [2.75, 3.05) is 0 Å². The van der Waals surface area contributed by atoms with E-state index in [1.165, 1.54) is 0 Å². The van der Waals surface area contributed by atoms with E-state index < -0.39 is 0 Å². The van der Waals surface area contributed by atoms with Crippen LogP contribution in [-0.2, 0) is 6.54 Å². The van der Waals surface area contributed by atoms with Crippen molar-refractivity contribution in [1.29, 1.82) is 0 Å². The molecule has 0 aliphatic carbocycles. The van der Waals surface area contributed by atoms with Crippen LogP contribution in [0.1, 0.15) is 5.56 Å². The molecule has 0 saturated carbocycles. The zero-order valence-electron chi connectivity index (χ0n) is 13.0.